The highest BCUT2D eigenvalue weighted by molar-refractivity contribution is 7.91. The molecule has 112 valence electrons. The molecule has 0 bridgehead atoms. The van der Waals surface area contributed by atoms with E-state index >= 15 is 0 Å². The first-order valence-corrected chi connectivity index (χ1v) is 9.69. The Bertz CT molecular complexity index is 402. The summed E-state index contributed by atoms with van der Waals surface area (Å²) < 4.78 is 23.4. The molecule has 4 heteroatoms. The van der Waals surface area contributed by atoms with E-state index in [4.69, 9.17) is 0 Å². The monoisotopic (exact) mass is 287 g/mol. The van der Waals surface area contributed by atoms with Crippen molar-refractivity contribution in [3.05, 3.63) is 0 Å². The van der Waals surface area contributed by atoms with Crippen molar-refractivity contribution in [3.8, 4) is 0 Å². The zero-order valence-corrected chi connectivity index (χ0v) is 13.4. The Hall–Kier alpha value is -0.0900. The molecule has 2 saturated carbocycles. The van der Waals surface area contributed by atoms with Gasteiger partial charge in [0.25, 0.3) is 0 Å². The zero-order valence-electron chi connectivity index (χ0n) is 12.6. The second-order valence-corrected chi connectivity index (χ2v) is 9.59. The van der Waals surface area contributed by atoms with Gasteiger partial charge in [0.15, 0.2) is 0 Å². The van der Waals surface area contributed by atoms with Crippen LogP contribution in [0.15, 0.2) is 0 Å². The van der Waals surface area contributed by atoms with Crippen LogP contribution >= 0.6 is 0 Å². The third-order valence-corrected chi connectivity index (χ3v) is 6.81. The minimum atomic E-state index is -2.87. The minimum Gasteiger partial charge on any atom is -0.311 e. The van der Waals surface area contributed by atoms with Crippen LogP contribution in [0, 0.1) is 5.41 Å². The lowest BCUT2D eigenvalue weighted by Crippen LogP contribution is -2.50. The fourth-order valence-electron chi connectivity index (χ4n) is 3.77. The molecule has 19 heavy (non-hydrogen) atoms. The van der Waals surface area contributed by atoms with Crippen LogP contribution in [0.5, 0.6) is 0 Å². The Morgan fingerprint density at radius 2 is 1.79 bits per heavy atom. The van der Waals surface area contributed by atoms with Crippen molar-refractivity contribution in [1.29, 1.82) is 0 Å². The summed E-state index contributed by atoms with van der Waals surface area (Å²) in [4.78, 5) is 0. The van der Waals surface area contributed by atoms with Gasteiger partial charge in [0.2, 0.25) is 0 Å². The van der Waals surface area contributed by atoms with Gasteiger partial charge in [0.05, 0.1) is 5.25 Å². The maximum atomic E-state index is 11.7. The van der Waals surface area contributed by atoms with E-state index in [0.29, 0.717) is 17.5 Å². The van der Waals surface area contributed by atoms with Gasteiger partial charge in [0, 0.05) is 18.3 Å². The Balaban J connectivity index is 1.95. The van der Waals surface area contributed by atoms with Crippen molar-refractivity contribution in [1.82, 2.24) is 5.32 Å². The van der Waals surface area contributed by atoms with Gasteiger partial charge in [-0.25, -0.2) is 8.42 Å². The quantitative estimate of drug-likeness (QED) is 0.868. The maximum Gasteiger partial charge on any atom is 0.150 e. The topological polar surface area (TPSA) is 46.2 Å². The fraction of sp³-hybridized carbons (Fsp3) is 1.00. The Kier molecular flexibility index (Phi) is 4.61. The molecule has 1 N–H and O–H groups in total. The summed E-state index contributed by atoms with van der Waals surface area (Å²) in [6.45, 7) is 4.70. The van der Waals surface area contributed by atoms with Crippen molar-refractivity contribution in [2.45, 2.75) is 82.5 Å². The zero-order chi connectivity index (χ0) is 14.1. The maximum absolute atomic E-state index is 11.7. The Labute approximate surface area is 118 Å². The predicted octanol–water partition coefficient (Wildman–Crippen LogP) is 2.90. The third-order valence-electron chi connectivity index (χ3n) is 5.18. The molecule has 0 radical (unpaired) electrons. The number of rotatable bonds is 3. The molecule has 3 unspecified atom stereocenters. The van der Waals surface area contributed by atoms with Crippen LogP contribution in [-0.4, -0.2) is 32.0 Å². The summed E-state index contributed by atoms with van der Waals surface area (Å²) in [5, 5.41) is 3.67. The summed E-state index contributed by atoms with van der Waals surface area (Å²) in [7, 11) is -2.87. The number of hydrogen-bond acceptors (Lipinski definition) is 3. The summed E-state index contributed by atoms with van der Waals surface area (Å²) in [6.07, 6.45) is 10.4. The van der Waals surface area contributed by atoms with Gasteiger partial charge in [-0.1, -0.05) is 33.1 Å². The van der Waals surface area contributed by atoms with E-state index in [9.17, 15) is 8.42 Å². The van der Waals surface area contributed by atoms with Gasteiger partial charge < -0.3 is 5.32 Å². The SMILES string of the molecule is CC1(C)CCCCC1NC1CCCC(S(C)(=O)=O)C1. The first kappa shape index (κ1) is 15.3. The molecule has 0 aromatic rings. The van der Waals surface area contributed by atoms with Crippen molar-refractivity contribution in [2.24, 2.45) is 5.41 Å². The molecule has 0 amide bonds. The largest absolute Gasteiger partial charge is 0.311 e. The number of nitrogens with one attached hydrogen (secondary N) is 1. The van der Waals surface area contributed by atoms with Gasteiger partial charge in [-0.15, -0.1) is 0 Å². The van der Waals surface area contributed by atoms with Crippen molar-refractivity contribution >= 4 is 9.84 Å². The van der Waals surface area contributed by atoms with Crippen LogP contribution < -0.4 is 5.32 Å². The van der Waals surface area contributed by atoms with Gasteiger partial charge in [0.1, 0.15) is 9.84 Å². The normalized spacial score (nSPS) is 36.1. The molecule has 3 atom stereocenters. The predicted molar refractivity (Wildman–Crippen MR) is 80.1 cm³/mol. The van der Waals surface area contributed by atoms with Crippen LogP contribution in [0.25, 0.3) is 0 Å². The lowest BCUT2D eigenvalue weighted by molar-refractivity contribution is 0.146. The van der Waals surface area contributed by atoms with Crippen LogP contribution in [0.4, 0.5) is 0 Å². The summed E-state index contributed by atoms with van der Waals surface area (Å²) in [6, 6.07) is 0.959. The Morgan fingerprint density at radius 1 is 1.05 bits per heavy atom. The molecule has 0 saturated heterocycles. The van der Waals surface area contributed by atoms with E-state index < -0.39 is 9.84 Å². The van der Waals surface area contributed by atoms with Gasteiger partial charge in [-0.05, 0) is 37.5 Å². The molecular formula is C15H29NO2S. The first-order valence-electron chi connectivity index (χ1n) is 7.74. The molecule has 2 rings (SSSR count). The molecule has 0 aromatic heterocycles. The third kappa shape index (κ3) is 3.94. The smallest absolute Gasteiger partial charge is 0.150 e. The highest BCUT2D eigenvalue weighted by atomic mass is 32.2. The van der Waals surface area contributed by atoms with Crippen molar-refractivity contribution < 1.29 is 8.42 Å². The first-order chi connectivity index (χ1) is 8.79. The Morgan fingerprint density at radius 3 is 2.42 bits per heavy atom. The van der Waals surface area contributed by atoms with E-state index in [0.717, 1.165) is 25.7 Å². The standard InChI is InChI=1S/C15H29NO2S/c1-15(2)10-5-4-9-14(15)16-12-7-6-8-13(11-12)19(3,17)18/h12-14,16H,4-11H2,1-3H3. The van der Waals surface area contributed by atoms with Crippen molar-refractivity contribution in [3.63, 3.8) is 0 Å². The molecule has 3 nitrogen and oxygen atoms in total. The van der Waals surface area contributed by atoms with Crippen molar-refractivity contribution in [2.75, 3.05) is 6.26 Å². The van der Waals surface area contributed by atoms with Crippen LogP contribution in [0.1, 0.15) is 65.2 Å². The molecule has 2 aliphatic carbocycles. The van der Waals surface area contributed by atoms with Crippen LogP contribution in [-0.2, 0) is 9.84 Å². The van der Waals surface area contributed by atoms with E-state index in [1.165, 1.54) is 31.9 Å². The van der Waals surface area contributed by atoms with Gasteiger partial charge in [-0.2, -0.15) is 0 Å². The van der Waals surface area contributed by atoms with E-state index in [1.54, 1.807) is 0 Å². The van der Waals surface area contributed by atoms with Gasteiger partial charge >= 0.3 is 0 Å². The van der Waals surface area contributed by atoms with E-state index in [2.05, 4.69) is 19.2 Å². The minimum absolute atomic E-state index is 0.120. The number of sulfone groups is 1. The second kappa shape index (κ2) is 5.72. The highest BCUT2D eigenvalue weighted by Crippen LogP contribution is 2.36. The average molecular weight is 287 g/mol. The number of hydrogen-bond donors (Lipinski definition) is 1. The van der Waals surface area contributed by atoms with E-state index in [1.807, 2.05) is 0 Å². The molecule has 0 aliphatic heterocycles. The summed E-state index contributed by atoms with van der Waals surface area (Å²) >= 11 is 0. The summed E-state index contributed by atoms with van der Waals surface area (Å²) in [5.41, 5.74) is 0.357. The fourth-order valence-corrected chi connectivity index (χ4v) is 4.95. The van der Waals surface area contributed by atoms with Crippen LogP contribution in [0.2, 0.25) is 0 Å². The molecular weight excluding hydrogens is 258 g/mol. The molecule has 0 heterocycles. The highest BCUT2D eigenvalue weighted by Gasteiger charge is 2.35. The molecule has 2 fully saturated rings. The van der Waals surface area contributed by atoms with E-state index in [-0.39, 0.29) is 5.25 Å². The lowest BCUT2D eigenvalue weighted by Gasteiger charge is -2.42. The lowest BCUT2D eigenvalue weighted by atomic mass is 9.72. The summed E-state index contributed by atoms with van der Waals surface area (Å²) in [5.74, 6) is 0. The second-order valence-electron chi connectivity index (χ2n) is 7.27. The van der Waals surface area contributed by atoms with Gasteiger partial charge in [-0.3, -0.25) is 0 Å². The molecule has 0 spiro atoms. The average Bonchev–Trinajstić information content (AvgIpc) is 2.31. The van der Waals surface area contributed by atoms with Crippen LogP contribution in [0.3, 0.4) is 0 Å². The molecule has 0 aromatic carbocycles. The molecule has 2 aliphatic rings.